The van der Waals surface area contributed by atoms with E-state index in [-0.39, 0.29) is 69.4 Å². The molecule has 88 valence electrons. The van der Waals surface area contributed by atoms with Crippen LogP contribution in [0.1, 0.15) is 12.8 Å². The highest BCUT2D eigenvalue weighted by molar-refractivity contribution is 7.18. The molecule has 0 bridgehead atoms. The zero-order valence-electron chi connectivity index (χ0n) is 7.40. The molecule has 0 spiro atoms. The molecule has 0 radical (unpaired) electrons. The van der Waals surface area contributed by atoms with Gasteiger partial charge in [0.1, 0.15) is 5.78 Å². The fourth-order valence-corrected chi connectivity index (χ4v) is 0.582. The summed E-state index contributed by atoms with van der Waals surface area (Å²) in [6.45, 7) is 0.121. The highest BCUT2D eigenvalue weighted by Gasteiger charge is 1.94. The van der Waals surface area contributed by atoms with Crippen molar-refractivity contribution in [2.24, 2.45) is 0 Å². The van der Waals surface area contributed by atoms with E-state index in [9.17, 15) is 4.79 Å². The maximum atomic E-state index is 10.4. The monoisotopic (exact) mass is 310 g/mol. The summed E-state index contributed by atoms with van der Waals surface area (Å²) in [6, 6.07) is 0. The number of hydrogen-bond acceptors (Lipinski definition) is 2. The standard InChI is InChI=1S/C5H11O2P.3ClH.2H3P/c6-3-1-2-5(7)4-8;;;;;/h6H,1-4,8H2;3*1H;2*1H3. The van der Waals surface area contributed by atoms with Crippen LogP contribution in [0.5, 0.6) is 0 Å². The quantitative estimate of drug-likeness (QED) is 0.801. The maximum Gasteiger partial charge on any atom is 0.136 e. The van der Waals surface area contributed by atoms with Crippen molar-refractivity contribution in [1.29, 1.82) is 0 Å². The van der Waals surface area contributed by atoms with Crippen LogP contribution in [0.25, 0.3) is 0 Å². The minimum absolute atomic E-state index is 0. The predicted octanol–water partition coefficient (Wildman–Crippen LogP) is 1.58. The van der Waals surface area contributed by atoms with Crippen molar-refractivity contribution in [3.63, 3.8) is 0 Å². The summed E-state index contributed by atoms with van der Waals surface area (Å²) in [6.07, 6.45) is 1.63. The van der Waals surface area contributed by atoms with Crippen molar-refractivity contribution in [2.75, 3.05) is 12.8 Å². The molecule has 0 aromatic heterocycles. The molecular formula is C5H20Cl3O2P3. The molecule has 13 heavy (non-hydrogen) atoms. The Morgan fingerprint density at radius 3 is 1.77 bits per heavy atom. The summed E-state index contributed by atoms with van der Waals surface area (Å²) in [7, 11) is 2.36. The van der Waals surface area contributed by atoms with E-state index >= 15 is 0 Å². The Morgan fingerprint density at radius 2 is 1.54 bits per heavy atom. The van der Waals surface area contributed by atoms with Crippen LogP contribution in [0.3, 0.4) is 0 Å². The topological polar surface area (TPSA) is 37.3 Å². The van der Waals surface area contributed by atoms with Gasteiger partial charge in [0, 0.05) is 19.2 Å². The average molecular weight is 311 g/mol. The Kier molecular flexibility index (Phi) is 81.8. The van der Waals surface area contributed by atoms with E-state index in [1.807, 2.05) is 0 Å². The Hall–Kier alpha value is 1.79. The van der Waals surface area contributed by atoms with Crippen molar-refractivity contribution >= 4 is 72.0 Å². The lowest BCUT2D eigenvalue weighted by molar-refractivity contribution is -0.116. The molecule has 0 aliphatic heterocycles. The third-order valence-electron chi connectivity index (χ3n) is 0.841. The van der Waals surface area contributed by atoms with E-state index in [0.717, 1.165) is 0 Å². The molecule has 0 heterocycles. The maximum absolute atomic E-state index is 10.4. The molecule has 3 atom stereocenters. The minimum atomic E-state index is 0. The number of aliphatic hydroxyl groups excluding tert-OH is 1. The third-order valence-corrected chi connectivity index (χ3v) is 1.30. The lowest BCUT2D eigenvalue weighted by Gasteiger charge is -1.90. The van der Waals surface area contributed by atoms with Crippen LogP contribution in [-0.2, 0) is 4.79 Å². The molecule has 0 fully saturated rings. The summed E-state index contributed by atoms with van der Waals surface area (Å²) in [5, 5.41) is 8.25. The van der Waals surface area contributed by atoms with Gasteiger partial charge in [-0.15, -0.1) is 46.5 Å². The van der Waals surface area contributed by atoms with Crippen LogP contribution in [0, 0.1) is 0 Å². The van der Waals surface area contributed by atoms with Crippen molar-refractivity contribution in [1.82, 2.24) is 0 Å². The van der Waals surface area contributed by atoms with Crippen LogP contribution in [-0.4, -0.2) is 23.7 Å². The van der Waals surface area contributed by atoms with Gasteiger partial charge in [0.25, 0.3) is 0 Å². The first-order chi connectivity index (χ1) is 3.81. The lowest BCUT2D eigenvalue weighted by atomic mass is 10.2. The summed E-state index contributed by atoms with van der Waals surface area (Å²) in [5.41, 5.74) is 0. The molecular weight excluding hydrogens is 291 g/mol. The van der Waals surface area contributed by atoms with E-state index in [2.05, 4.69) is 9.24 Å². The van der Waals surface area contributed by atoms with Crippen molar-refractivity contribution in [3.8, 4) is 0 Å². The Morgan fingerprint density at radius 1 is 1.15 bits per heavy atom. The number of hydrogen-bond donors (Lipinski definition) is 1. The number of Topliss-reactive ketones (excluding diaryl/α,β-unsaturated/α-hetero) is 1. The largest absolute Gasteiger partial charge is 0.396 e. The Labute approximate surface area is 107 Å². The van der Waals surface area contributed by atoms with E-state index in [0.29, 0.717) is 19.0 Å². The molecule has 0 aromatic carbocycles. The molecule has 0 aliphatic rings. The van der Waals surface area contributed by atoms with Gasteiger partial charge in [0.2, 0.25) is 0 Å². The number of aliphatic hydroxyl groups is 1. The molecule has 0 saturated carbocycles. The number of carbonyl (C=O) groups is 1. The SMILES string of the molecule is Cl.Cl.Cl.O=C(CP)CCCO.P.P. The first-order valence-corrected chi connectivity index (χ1v) is 3.45. The van der Waals surface area contributed by atoms with E-state index in [1.54, 1.807) is 0 Å². The van der Waals surface area contributed by atoms with Crippen molar-refractivity contribution < 1.29 is 9.90 Å². The smallest absolute Gasteiger partial charge is 0.136 e. The normalized spacial score (nSPS) is 5.69. The van der Waals surface area contributed by atoms with Crippen LogP contribution in [0.4, 0.5) is 0 Å². The van der Waals surface area contributed by atoms with Gasteiger partial charge in [-0.25, -0.2) is 0 Å². The molecule has 0 rings (SSSR count). The second-order valence-corrected chi connectivity index (χ2v) is 1.98. The second-order valence-electron chi connectivity index (χ2n) is 1.57. The van der Waals surface area contributed by atoms with Gasteiger partial charge in [0.05, 0.1) is 0 Å². The van der Waals surface area contributed by atoms with E-state index < -0.39 is 0 Å². The molecule has 2 nitrogen and oxygen atoms in total. The zero-order chi connectivity index (χ0) is 6.41. The summed E-state index contributed by atoms with van der Waals surface area (Å²) < 4.78 is 0. The highest BCUT2D eigenvalue weighted by Crippen LogP contribution is 1.92. The summed E-state index contributed by atoms with van der Waals surface area (Å²) >= 11 is 0. The summed E-state index contributed by atoms with van der Waals surface area (Å²) in [5.74, 6) is 0.198. The Bertz CT molecular complexity index is 87.4. The molecule has 3 unspecified atom stereocenters. The molecule has 8 heteroatoms. The van der Waals surface area contributed by atoms with E-state index in [1.165, 1.54) is 0 Å². The predicted molar refractivity (Wildman–Crippen MR) is 79.9 cm³/mol. The van der Waals surface area contributed by atoms with Gasteiger partial charge in [0.15, 0.2) is 0 Å². The van der Waals surface area contributed by atoms with Gasteiger partial charge in [-0.1, -0.05) is 0 Å². The number of halogens is 3. The number of ketones is 1. The highest BCUT2D eigenvalue weighted by atomic mass is 35.5. The second kappa shape index (κ2) is 29.2. The first-order valence-electron chi connectivity index (χ1n) is 2.64. The molecule has 0 saturated heterocycles. The fraction of sp³-hybridized carbons (Fsp3) is 0.800. The van der Waals surface area contributed by atoms with Crippen molar-refractivity contribution in [2.45, 2.75) is 12.8 Å². The van der Waals surface area contributed by atoms with E-state index in [4.69, 9.17) is 5.11 Å². The third kappa shape index (κ3) is 31.6. The minimum Gasteiger partial charge on any atom is -0.396 e. The van der Waals surface area contributed by atoms with Crippen molar-refractivity contribution in [3.05, 3.63) is 0 Å². The van der Waals surface area contributed by atoms with Gasteiger partial charge >= 0.3 is 0 Å². The lowest BCUT2D eigenvalue weighted by Crippen LogP contribution is -1.99. The molecule has 0 aliphatic carbocycles. The van der Waals surface area contributed by atoms with Gasteiger partial charge < -0.3 is 5.11 Å². The first kappa shape index (κ1) is 36.4. The molecule has 0 aromatic rings. The van der Waals surface area contributed by atoms with Crippen LogP contribution < -0.4 is 0 Å². The zero-order valence-corrected chi connectivity index (χ0v) is 13.8. The summed E-state index contributed by atoms with van der Waals surface area (Å²) in [4.78, 5) is 10.4. The molecule has 1 N–H and O–H groups in total. The van der Waals surface area contributed by atoms with Gasteiger partial charge in [-0.05, 0) is 6.42 Å². The molecule has 0 amide bonds. The number of rotatable bonds is 4. The van der Waals surface area contributed by atoms with Gasteiger partial charge in [-0.3, -0.25) is 4.79 Å². The Balaban J connectivity index is -0.0000000245. The number of carbonyl (C=O) groups excluding carboxylic acids is 1. The van der Waals surface area contributed by atoms with Crippen LogP contribution >= 0.6 is 66.3 Å². The van der Waals surface area contributed by atoms with Crippen LogP contribution in [0.15, 0.2) is 0 Å². The van der Waals surface area contributed by atoms with Gasteiger partial charge in [-0.2, -0.15) is 19.8 Å². The fourth-order valence-electron chi connectivity index (χ4n) is 0.378. The average Bonchev–Trinajstić information content (AvgIpc) is 1.83. The van der Waals surface area contributed by atoms with Crippen LogP contribution in [0.2, 0.25) is 0 Å².